The van der Waals surface area contributed by atoms with Crippen LogP contribution in [0.5, 0.6) is 0 Å². The fourth-order valence-electron chi connectivity index (χ4n) is 1.75. The zero-order chi connectivity index (χ0) is 12.6. The smallest absolute Gasteiger partial charge is 0.254 e. The predicted molar refractivity (Wildman–Crippen MR) is 62.0 cm³/mol. The van der Waals surface area contributed by atoms with Crippen LogP contribution in [0.3, 0.4) is 0 Å². The number of β-amino-alcohol motifs (C(OH)–C–C–N with tert-alkyl or cyclic N) is 2. The minimum absolute atomic E-state index is 0.0923. The van der Waals surface area contributed by atoms with Crippen LogP contribution in [0.4, 0.5) is 4.39 Å². The molecule has 2 atom stereocenters. The summed E-state index contributed by atoms with van der Waals surface area (Å²) in [6, 6.07) is 3.95. The molecule has 1 saturated heterocycles. The van der Waals surface area contributed by atoms with E-state index in [0.717, 1.165) is 0 Å². The highest BCUT2D eigenvalue weighted by atomic mass is 79.9. The molecule has 92 valence electrons. The van der Waals surface area contributed by atoms with Crippen LogP contribution in [0.25, 0.3) is 0 Å². The lowest BCUT2D eigenvalue weighted by atomic mass is 10.2. The van der Waals surface area contributed by atoms with E-state index in [4.69, 9.17) is 0 Å². The van der Waals surface area contributed by atoms with Crippen LogP contribution in [-0.4, -0.2) is 46.3 Å². The fourth-order valence-corrected chi connectivity index (χ4v) is 2.13. The van der Waals surface area contributed by atoms with E-state index in [0.29, 0.717) is 5.56 Å². The Morgan fingerprint density at radius 3 is 2.47 bits per heavy atom. The summed E-state index contributed by atoms with van der Waals surface area (Å²) in [7, 11) is 0. The van der Waals surface area contributed by atoms with Gasteiger partial charge in [-0.3, -0.25) is 4.79 Å². The molecule has 17 heavy (non-hydrogen) atoms. The van der Waals surface area contributed by atoms with E-state index in [1.165, 1.54) is 23.1 Å². The maximum atomic E-state index is 13.0. The van der Waals surface area contributed by atoms with E-state index in [9.17, 15) is 19.4 Å². The van der Waals surface area contributed by atoms with Crippen molar-refractivity contribution in [2.24, 2.45) is 0 Å². The highest BCUT2D eigenvalue weighted by Gasteiger charge is 2.32. The molecular formula is C11H11BrFNO3. The first-order valence-corrected chi connectivity index (χ1v) is 5.89. The maximum absolute atomic E-state index is 13.0. The van der Waals surface area contributed by atoms with Gasteiger partial charge in [0.1, 0.15) is 5.82 Å². The van der Waals surface area contributed by atoms with Crippen molar-refractivity contribution in [1.29, 1.82) is 0 Å². The number of nitrogens with zero attached hydrogens (tertiary/aromatic N) is 1. The van der Waals surface area contributed by atoms with E-state index in [1.54, 1.807) is 0 Å². The van der Waals surface area contributed by atoms with Gasteiger partial charge in [-0.1, -0.05) is 0 Å². The number of rotatable bonds is 1. The van der Waals surface area contributed by atoms with Gasteiger partial charge in [0.25, 0.3) is 5.91 Å². The molecule has 6 heteroatoms. The average molecular weight is 304 g/mol. The van der Waals surface area contributed by atoms with Gasteiger partial charge in [0, 0.05) is 18.7 Å². The molecule has 0 radical (unpaired) electrons. The number of halogens is 2. The summed E-state index contributed by atoms with van der Waals surface area (Å²) in [5.74, 6) is -0.774. The predicted octanol–water partition coefficient (Wildman–Crippen LogP) is 0.766. The molecule has 0 unspecified atom stereocenters. The molecule has 1 fully saturated rings. The Morgan fingerprint density at radius 2 is 1.94 bits per heavy atom. The van der Waals surface area contributed by atoms with Gasteiger partial charge in [0.15, 0.2) is 0 Å². The number of aliphatic hydroxyl groups is 2. The van der Waals surface area contributed by atoms with Crippen molar-refractivity contribution in [2.75, 3.05) is 13.1 Å². The Morgan fingerprint density at radius 1 is 1.35 bits per heavy atom. The molecule has 0 bridgehead atoms. The Hall–Kier alpha value is -0.980. The Balaban J connectivity index is 2.17. The summed E-state index contributed by atoms with van der Waals surface area (Å²) >= 11 is 3.00. The molecular weight excluding hydrogens is 293 g/mol. The molecule has 1 aromatic carbocycles. The molecule has 1 aromatic rings. The Kier molecular flexibility index (Phi) is 3.46. The summed E-state index contributed by atoms with van der Waals surface area (Å²) in [5, 5.41) is 18.7. The van der Waals surface area contributed by atoms with Gasteiger partial charge in [0.2, 0.25) is 0 Å². The standard InChI is InChI=1S/C11H11BrFNO3/c12-7-3-6(1-2-8(7)13)11(17)14-4-9(15)10(16)5-14/h1-3,9-10,15-16H,4-5H2/t9-,10+. The summed E-state index contributed by atoms with van der Waals surface area (Å²) in [6.07, 6.45) is -1.83. The third kappa shape index (κ3) is 2.48. The minimum Gasteiger partial charge on any atom is -0.388 e. The summed E-state index contributed by atoms with van der Waals surface area (Å²) < 4.78 is 13.2. The van der Waals surface area contributed by atoms with E-state index < -0.39 is 18.0 Å². The highest BCUT2D eigenvalue weighted by Crippen LogP contribution is 2.20. The second kappa shape index (κ2) is 4.72. The molecule has 1 heterocycles. The topological polar surface area (TPSA) is 60.8 Å². The van der Waals surface area contributed by atoms with Crippen molar-refractivity contribution in [3.63, 3.8) is 0 Å². The monoisotopic (exact) mass is 303 g/mol. The SMILES string of the molecule is O=C(c1ccc(F)c(Br)c1)N1C[C@@H](O)[C@@H](O)C1. The fraction of sp³-hybridized carbons (Fsp3) is 0.364. The van der Waals surface area contributed by atoms with E-state index >= 15 is 0 Å². The van der Waals surface area contributed by atoms with Crippen molar-refractivity contribution in [3.05, 3.63) is 34.1 Å². The molecule has 2 N–H and O–H groups in total. The van der Waals surface area contributed by atoms with Crippen LogP contribution >= 0.6 is 15.9 Å². The van der Waals surface area contributed by atoms with Crippen molar-refractivity contribution in [3.8, 4) is 0 Å². The normalized spacial score (nSPS) is 24.1. The average Bonchev–Trinajstić information content (AvgIpc) is 2.62. The lowest BCUT2D eigenvalue weighted by molar-refractivity contribution is 0.0572. The molecule has 1 aliphatic heterocycles. The molecule has 0 aromatic heterocycles. The van der Waals surface area contributed by atoms with Crippen LogP contribution in [0.15, 0.2) is 22.7 Å². The molecule has 4 nitrogen and oxygen atoms in total. The first kappa shape index (κ1) is 12.5. The molecule has 1 amide bonds. The van der Waals surface area contributed by atoms with Gasteiger partial charge >= 0.3 is 0 Å². The Bertz CT molecular complexity index is 444. The number of carbonyl (C=O) groups excluding carboxylic acids is 1. The van der Waals surface area contributed by atoms with Crippen LogP contribution in [0.2, 0.25) is 0 Å². The van der Waals surface area contributed by atoms with E-state index in [-0.39, 0.29) is 23.5 Å². The summed E-state index contributed by atoms with van der Waals surface area (Å²) in [6.45, 7) is 0.185. The Labute approximate surface area is 106 Å². The molecule has 2 rings (SSSR count). The first-order valence-electron chi connectivity index (χ1n) is 5.09. The second-order valence-electron chi connectivity index (χ2n) is 3.97. The number of aliphatic hydroxyl groups excluding tert-OH is 2. The molecule has 1 aliphatic rings. The maximum Gasteiger partial charge on any atom is 0.254 e. The van der Waals surface area contributed by atoms with Crippen molar-refractivity contribution >= 4 is 21.8 Å². The number of hydrogen-bond acceptors (Lipinski definition) is 3. The van der Waals surface area contributed by atoms with Gasteiger partial charge < -0.3 is 15.1 Å². The largest absolute Gasteiger partial charge is 0.388 e. The zero-order valence-corrected chi connectivity index (χ0v) is 10.4. The third-order valence-electron chi connectivity index (χ3n) is 2.71. The first-order chi connectivity index (χ1) is 7.99. The summed E-state index contributed by atoms with van der Waals surface area (Å²) in [4.78, 5) is 13.3. The number of likely N-dealkylation sites (tertiary alicyclic amines) is 1. The number of hydrogen-bond donors (Lipinski definition) is 2. The molecule has 0 saturated carbocycles. The van der Waals surface area contributed by atoms with Crippen LogP contribution in [0, 0.1) is 5.82 Å². The second-order valence-corrected chi connectivity index (χ2v) is 4.83. The number of amides is 1. The lowest BCUT2D eigenvalue weighted by Gasteiger charge is -2.15. The van der Waals surface area contributed by atoms with Crippen LogP contribution in [-0.2, 0) is 0 Å². The quantitative estimate of drug-likeness (QED) is 0.805. The minimum atomic E-state index is -0.914. The van der Waals surface area contributed by atoms with Crippen molar-refractivity contribution < 1.29 is 19.4 Å². The number of benzene rings is 1. The van der Waals surface area contributed by atoms with Gasteiger partial charge in [-0.2, -0.15) is 0 Å². The van der Waals surface area contributed by atoms with Gasteiger partial charge in [-0.25, -0.2) is 4.39 Å². The molecule has 0 aliphatic carbocycles. The van der Waals surface area contributed by atoms with E-state index in [1.807, 2.05) is 0 Å². The van der Waals surface area contributed by atoms with Gasteiger partial charge in [-0.15, -0.1) is 0 Å². The lowest BCUT2D eigenvalue weighted by Crippen LogP contribution is -2.29. The molecule has 0 spiro atoms. The van der Waals surface area contributed by atoms with Crippen LogP contribution in [0.1, 0.15) is 10.4 Å². The van der Waals surface area contributed by atoms with E-state index in [2.05, 4.69) is 15.9 Å². The van der Waals surface area contributed by atoms with Gasteiger partial charge in [-0.05, 0) is 34.1 Å². The van der Waals surface area contributed by atoms with Crippen molar-refractivity contribution in [2.45, 2.75) is 12.2 Å². The number of carbonyl (C=O) groups is 1. The van der Waals surface area contributed by atoms with Crippen LogP contribution < -0.4 is 0 Å². The third-order valence-corrected chi connectivity index (χ3v) is 3.32. The zero-order valence-electron chi connectivity index (χ0n) is 8.81. The van der Waals surface area contributed by atoms with Crippen molar-refractivity contribution in [1.82, 2.24) is 4.90 Å². The summed E-state index contributed by atoms with van der Waals surface area (Å²) in [5.41, 5.74) is 0.319. The van der Waals surface area contributed by atoms with Gasteiger partial charge in [0.05, 0.1) is 16.7 Å². The highest BCUT2D eigenvalue weighted by molar-refractivity contribution is 9.10.